The van der Waals surface area contributed by atoms with Crippen molar-refractivity contribution in [3.63, 3.8) is 0 Å². The van der Waals surface area contributed by atoms with Crippen molar-refractivity contribution < 1.29 is 0 Å². The van der Waals surface area contributed by atoms with E-state index in [1.807, 2.05) is 0 Å². The van der Waals surface area contributed by atoms with E-state index in [2.05, 4.69) is 301 Å². The molecule has 0 amide bonds. The molecule has 0 N–H and O–H groups in total. The summed E-state index contributed by atoms with van der Waals surface area (Å²) in [5.41, 5.74) is 21.6. The topological polar surface area (TPSA) is 19.4 Å². The Balaban J connectivity index is 1.03. The molecule has 3 heterocycles. The minimum absolute atomic E-state index is 0.118. The monoisotopic (exact) mass is 1000 g/mol. The number of rotatable bonds is 7. The zero-order valence-electron chi connectivity index (χ0n) is 43.1. The number of anilines is 6. The van der Waals surface area contributed by atoms with E-state index in [4.69, 9.17) is 4.98 Å². The third-order valence-corrected chi connectivity index (χ3v) is 16.6. The highest BCUT2D eigenvalue weighted by molar-refractivity contribution is 7.00. The first-order chi connectivity index (χ1) is 39.1. The van der Waals surface area contributed by atoms with Gasteiger partial charge in [0.2, 0.25) is 0 Å². The molecule has 0 fully saturated rings. The first-order valence-electron chi connectivity index (χ1n) is 27.3. The van der Waals surface area contributed by atoms with Crippen LogP contribution in [-0.4, -0.2) is 11.7 Å². The Bertz CT molecular complexity index is 4400. The fraction of sp³-hybridized carbons (Fsp3) is 0. The van der Waals surface area contributed by atoms with Gasteiger partial charge in [-0.3, -0.25) is 0 Å². The minimum atomic E-state index is -0.118. The number of fused-ring (bicyclic) bond motifs is 10. The van der Waals surface area contributed by atoms with Crippen LogP contribution < -0.4 is 26.2 Å². The predicted molar refractivity (Wildman–Crippen MR) is 335 cm³/mol. The molecular weight excluding hydrogens is 954 g/mol. The van der Waals surface area contributed by atoms with Gasteiger partial charge in [-0.1, -0.05) is 231 Å². The Hall–Kier alpha value is -10.3. The van der Waals surface area contributed by atoms with Gasteiger partial charge in [-0.2, -0.15) is 0 Å². The van der Waals surface area contributed by atoms with Crippen LogP contribution in [0.15, 0.2) is 291 Å². The van der Waals surface area contributed by atoms with Gasteiger partial charge in [-0.25, -0.2) is 4.98 Å². The van der Waals surface area contributed by atoms with Gasteiger partial charge >= 0.3 is 0 Å². The average Bonchev–Trinajstić information content (AvgIpc) is 3.54. The fourth-order valence-corrected chi connectivity index (χ4v) is 12.8. The lowest BCUT2D eigenvalue weighted by molar-refractivity contribution is 1.26. The van der Waals surface area contributed by atoms with E-state index in [0.717, 1.165) is 56.4 Å². The molecule has 0 unspecified atom stereocenters. The fourth-order valence-electron chi connectivity index (χ4n) is 12.8. The van der Waals surface area contributed by atoms with Crippen molar-refractivity contribution >= 4 is 100 Å². The molecule has 79 heavy (non-hydrogen) atoms. The number of nitrogens with zero attached hydrogens (tertiary/aromatic N) is 3. The second kappa shape index (κ2) is 18.2. The Morgan fingerprint density at radius 3 is 1.03 bits per heavy atom. The van der Waals surface area contributed by atoms with Crippen molar-refractivity contribution in [1.82, 2.24) is 4.98 Å². The molecular formula is C75H48BN3. The zero-order chi connectivity index (χ0) is 52.0. The molecule has 3 nitrogen and oxygen atoms in total. The molecule has 0 atom stereocenters. The third-order valence-electron chi connectivity index (χ3n) is 16.6. The van der Waals surface area contributed by atoms with Crippen molar-refractivity contribution in [2.24, 2.45) is 0 Å². The second-order valence-corrected chi connectivity index (χ2v) is 21.1. The Kier molecular flexibility index (Phi) is 10.4. The van der Waals surface area contributed by atoms with Gasteiger partial charge in [0, 0.05) is 45.3 Å². The quantitative estimate of drug-likeness (QED) is 0.117. The van der Waals surface area contributed by atoms with Crippen molar-refractivity contribution in [1.29, 1.82) is 0 Å². The van der Waals surface area contributed by atoms with E-state index < -0.39 is 0 Å². The summed E-state index contributed by atoms with van der Waals surface area (Å²) in [6.45, 7) is -0.118. The summed E-state index contributed by atoms with van der Waals surface area (Å²) in [4.78, 5) is 10.5. The number of aromatic nitrogens is 1. The first kappa shape index (κ1) is 45.0. The lowest BCUT2D eigenvalue weighted by atomic mass is 9.33. The van der Waals surface area contributed by atoms with Gasteiger partial charge in [0.15, 0.2) is 0 Å². The van der Waals surface area contributed by atoms with Crippen LogP contribution in [0.3, 0.4) is 0 Å². The number of benzene rings is 13. The standard InChI is InChI=1S/C75H48BN3/c1-5-17-49(18-6-1)51-33-37-61(38-34-51)78-71-47-65-57(31-29-53-21-13-15-27-63(53)65)41-67(71)76-68-42-58-32-30-54-22-14-16-28-64(54)66(58)48-72(68)79(62-39-35-52(36-40-62)50-19-7-2-8-20-50)74-46-60(45-73(78)75(74)76)59-43-69(55-23-9-3-10-24-55)77-70(44-59)56-25-11-4-12-26-56/h1-48H. The van der Waals surface area contributed by atoms with E-state index in [0.29, 0.717) is 0 Å². The molecule has 0 saturated heterocycles. The number of hydrogen-bond acceptors (Lipinski definition) is 3. The van der Waals surface area contributed by atoms with E-state index in [9.17, 15) is 0 Å². The summed E-state index contributed by atoms with van der Waals surface area (Å²) in [7, 11) is 0. The lowest BCUT2D eigenvalue weighted by Crippen LogP contribution is -2.61. The van der Waals surface area contributed by atoms with Crippen molar-refractivity contribution in [3.8, 4) is 55.9 Å². The van der Waals surface area contributed by atoms with Crippen LogP contribution in [-0.2, 0) is 0 Å². The van der Waals surface area contributed by atoms with E-state index >= 15 is 0 Å². The molecule has 2 aliphatic rings. The SMILES string of the molecule is c1ccc(-c2ccc(N3c4cc5c(ccc6ccccc65)cc4B4c5cc6ccc7ccccc7c6cc5N(c5ccc(-c6ccccc6)cc5)c5cc(-c6cc(-c7ccccc7)nc(-c7ccccc7)c6)cc3c54)cc2)cc1. The Morgan fingerprint density at radius 1 is 0.241 bits per heavy atom. The smallest absolute Gasteiger partial charge is 0.252 e. The van der Waals surface area contributed by atoms with Gasteiger partial charge in [-0.05, 0) is 154 Å². The van der Waals surface area contributed by atoms with Crippen LogP contribution in [0.25, 0.3) is 99.0 Å². The molecule has 1 aromatic heterocycles. The molecule has 14 aromatic rings. The third kappa shape index (κ3) is 7.48. The molecule has 0 radical (unpaired) electrons. The van der Waals surface area contributed by atoms with Crippen molar-refractivity contribution in [2.75, 3.05) is 9.80 Å². The van der Waals surface area contributed by atoms with Crippen molar-refractivity contribution in [2.45, 2.75) is 0 Å². The summed E-state index contributed by atoms with van der Waals surface area (Å²) in [6.07, 6.45) is 0. The molecule has 16 rings (SSSR count). The first-order valence-corrected chi connectivity index (χ1v) is 27.3. The Morgan fingerprint density at radius 2 is 0.595 bits per heavy atom. The van der Waals surface area contributed by atoms with Gasteiger partial charge in [0.25, 0.3) is 6.71 Å². The van der Waals surface area contributed by atoms with Crippen LogP contribution in [0.4, 0.5) is 34.1 Å². The highest BCUT2D eigenvalue weighted by Gasteiger charge is 2.44. The maximum Gasteiger partial charge on any atom is 0.252 e. The molecule has 4 heteroatoms. The molecule has 0 saturated carbocycles. The molecule has 0 aliphatic carbocycles. The zero-order valence-corrected chi connectivity index (χ0v) is 43.1. The van der Waals surface area contributed by atoms with Crippen LogP contribution in [0.5, 0.6) is 0 Å². The lowest BCUT2D eigenvalue weighted by Gasteiger charge is -2.45. The molecule has 0 spiro atoms. The van der Waals surface area contributed by atoms with Gasteiger partial charge < -0.3 is 9.80 Å². The summed E-state index contributed by atoms with van der Waals surface area (Å²) in [5.74, 6) is 0. The normalized spacial score (nSPS) is 12.5. The van der Waals surface area contributed by atoms with Crippen LogP contribution >= 0.6 is 0 Å². The predicted octanol–water partition coefficient (Wildman–Crippen LogP) is 18.1. The summed E-state index contributed by atoms with van der Waals surface area (Å²) < 4.78 is 0. The van der Waals surface area contributed by atoms with Gasteiger partial charge in [0.05, 0.1) is 11.4 Å². The second-order valence-electron chi connectivity index (χ2n) is 21.1. The maximum atomic E-state index is 5.39. The van der Waals surface area contributed by atoms with E-state index in [1.54, 1.807) is 0 Å². The highest BCUT2D eigenvalue weighted by atomic mass is 15.2. The summed E-state index contributed by atoms with van der Waals surface area (Å²) in [5, 5.41) is 9.86. The number of pyridine rings is 1. The van der Waals surface area contributed by atoms with Crippen molar-refractivity contribution in [3.05, 3.63) is 291 Å². The van der Waals surface area contributed by atoms with E-state index in [-0.39, 0.29) is 6.71 Å². The molecule has 13 aromatic carbocycles. The molecule has 2 aliphatic heterocycles. The summed E-state index contributed by atoms with van der Waals surface area (Å²) >= 11 is 0. The maximum absolute atomic E-state index is 5.39. The van der Waals surface area contributed by atoms with Crippen LogP contribution in [0, 0.1) is 0 Å². The van der Waals surface area contributed by atoms with Crippen LogP contribution in [0.2, 0.25) is 0 Å². The van der Waals surface area contributed by atoms with Crippen LogP contribution in [0.1, 0.15) is 0 Å². The van der Waals surface area contributed by atoms with Gasteiger partial charge in [0.1, 0.15) is 0 Å². The molecule has 0 bridgehead atoms. The minimum Gasteiger partial charge on any atom is -0.311 e. The highest BCUT2D eigenvalue weighted by Crippen LogP contribution is 2.49. The largest absolute Gasteiger partial charge is 0.311 e. The Labute approximate surface area is 459 Å². The van der Waals surface area contributed by atoms with E-state index in [1.165, 1.54) is 93.1 Å². The molecule has 366 valence electrons. The average molecular weight is 1000 g/mol. The summed E-state index contributed by atoms with van der Waals surface area (Å²) in [6, 6.07) is 107. The van der Waals surface area contributed by atoms with Gasteiger partial charge in [-0.15, -0.1) is 0 Å². The number of hydrogen-bond donors (Lipinski definition) is 0.